The van der Waals surface area contributed by atoms with Crippen LogP contribution < -0.4 is 11.1 Å². The second-order valence-corrected chi connectivity index (χ2v) is 4.97. The summed E-state index contributed by atoms with van der Waals surface area (Å²) in [5, 5.41) is 7.45. The van der Waals surface area contributed by atoms with Crippen LogP contribution in [0.3, 0.4) is 0 Å². The molecule has 0 aliphatic carbocycles. The zero-order chi connectivity index (χ0) is 14.2. The first-order valence-electron chi connectivity index (χ1n) is 5.83. The molecule has 0 saturated heterocycles. The zero-order valence-electron chi connectivity index (χ0n) is 10.9. The standard InChI is InChI=1S/C11H15ClN6O/c1-5(2)7(9(13)19)16-10-6(3)8(12)17-11-14-4-15-18(10)11/h4-5,7,16H,1-3H3,(H2,13,19). The summed E-state index contributed by atoms with van der Waals surface area (Å²) >= 11 is 6.04. The topological polar surface area (TPSA) is 98.2 Å². The first-order chi connectivity index (χ1) is 8.91. The molecule has 1 amide bonds. The van der Waals surface area contributed by atoms with E-state index in [0.29, 0.717) is 22.3 Å². The van der Waals surface area contributed by atoms with E-state index in [9.17, 15) is 4.79 Å². The number of carbonyl (C=O) groups is 1. The molecule has 0 fully saturated rings. The van der Waals surface area contributed by atoms with Crippen molar-refractivity contribution >= 4 is 29.1 Å². The summed E-state index contributed by atoms with van der Waals surface area (Å²) in [6, 6.07) is -0.524. The molecule has 0 aromatic carbocycles. The number of nitrogens with one attached hydrogen (secondary N) is 1. The molecule has 19 heavy (non-hydrogen) atoms. The van der Waals surface area contributed by atoms with Gasteiger partial charge in [0.1, 0.15) is 23.3 Å². The summed E-state index contributed by atoms with van der Waals surface area (Å²) in [5.41, 5.74) is 6.08. The van der Waals surface area contributed by atoms with Gasteiger partial charge in [-0.3, -0.25) is 4.79 Å². The van der Waals surface area contributed by atoms with Crippen molar-refractivity contribution in [2.75, 3.05) is 5.32 Å². The molecule has 1 atom stereocenters. The van der Waals surface area contributed by atoms with Crippen molar-refractivity contribution in [2.24, 2.45) is 11.7 Å². The third-order valence-electron chi connectivity index (χ3n) is 2.87. The number of halogens is 1. The lowest BCUT2D eigenvalue weighted by Gasteiger charge is -2.21. The molecule has 7 nitrogen and oxygen atoms in total. The number of primary amides is 1. The fourth-order valence-electron chi connectivity index (χ4n) is 1.78. The van der Waals surface area contributed by atoms with Gasteiger partial charge in [0.15, 0.2) is 0 Å². The van der Waals surface area contributed by atoms with E-state index >= 15 is 0 Å². The van der Waals surface area contributed by atoms with Crippen molar-refractivity contribution in [2.45, 2.75) is 26.8 Å². The number of nitrogens with zero attached hydrogens (tertiary/aromatic N) is 4. The Labute approximate surface area is 115 Å². The number of fused-ring (bicyclic) bond motifs is 1. The molecular formula is C11H15ClN6O. The highest BCUT2D eigenvalue weighted by atomic mass is 35.5. The number of hydrogen-bond donors (Lipinski definition) is 2. The van der Waals surface area contributed by atoms with Crippen LogP contribution in [0, 0.1) is 12.8 Å². The molecule has 2 rings (SSSR count). The third-order valence-corrected chi connectivity index (χ3v) is 3.24. The van der Waals surface area contributed by atoms with Crippen LogP contribution in [0.15, 0.2) is 6.33 Å². The molecule has 0 radical (unpaired) electrons. The maximum absolute atomic E-state index is 11.5. The number of carbonyl (C=O) groups excluding carboxylic acids is 1. The van der Waals surface area contributed by atoms with Crippen molar-refractivity contribution in [3.05, 3.63) is 17.0 Å². The molecule has 102 valence electrons. The van der Waals surface area contributed by atoms with E-state index in [1.54, 1.807) is 6.92 Å². The lowest BCUT2D eigenvalue weighted by molar-refractivity contribution is -0.119. The molecule has 0 bridgehead atoms. The molecule has 0 aliphatic rings. The van der Waals surface area contributed by atoms with Crippen LogP contribution in [0.1, 0.15) is 19.4 Å². The van der Waals surface area contributed by atoms with Crippen LogP contribution in [0.25, 0.3) is 5.78 Å². The summed E-state index contributed by atoms with van der Waals surface area (Å²) < 4.78 is 1.50. The molecule has 0 saturated carbocycles. The van der Waals surface area contributed by atoms with Gasteiger partial charge >= 0.3 is 0 Å². The lowest BCUT2D eigenvalue weighted by Crippen LogP contribution is -2.40. The largest absolute Gasteiger partial charge is 0.368 e. The molecule has 2 heterocycles. The predicted molar refractivity (Wildman–Crippen MR) is 72.0 cm³/mol. The average Bonchev–Trinajstić information content (AvgIpc) is 2.76. The molecule has 8 heteroatoms. The number of amides is 1. The third kappa shape index (κ3) is 2.46. The molecule has 3 N–H and O–H groups in total. The zero-order valence-corrected chi connectivity index (χ0v) is 11.6. The molecule has 0 spiro atoms. The minimum absolute atomic E-state index is 0.0300. The van der Waals surface area contributed by atoms with Gasteiger partial charge in [0.25, 0.3) is 5.78 Å². The number of nitrogens with two attached hydrogens (primary N) is 1. The molecule has 2 aromatic rings. The van der Waals surface area contributed by atoms with Crippen LogP contribution in [-0.2, 0) is 4.79 Å². The monoisotopic (exact) mass is 282 g/mol. The van der Waals surface area contributed by atoms with Crippen LogP contribution in [0.2, 0.25) is 5.15 Å². The summed E-state index contributed by atoms with van der Waals surface area (Å²) in [5.74, 6) is 0.535. The first kappa shape index (κ1) is 13.5. The van der Waals surface area contributed by atoms with Gasteiger partial charge in [-0.05, 0) is 12.8 Å². The Morgan fingerprint density at radius 3 is 2.79 bits per heavy atom. The fourth-order valence-corrected chi connectivity index (χ4v) is 1.95. The Balaban J connectivity index is 2.52. The number of aromatic nitrogens is 4. The minimum atomic E-state index is -0.524. The number of rotatable bonds is 4. The van der Waals surface area contributed by atoms with Gasteiger partial charge in [0, 0.05) is 5.56 Å². The van der Waals surface area contributed by atoms with E-state index in [2.05, 4.69) is 20.4 Å². The normalized spacial score (nSPS) is 12.9. The van der Waals surface area contributed by atoms with E-state index in [0.717, 1.165) is 0 Å². The molecule has 0 aliphatic heterocycles. The summed E-state index contributed by atoms with van der Waals surface area (Å²) in [4.78, 5) is 19.6. The Bertz CT molecular complexity index is 623. The van der Waals surface area contributed by atoms with Crippen LogP contribution in [-0.4, -0.2) is 31.5 Å². The first-order valence-corrected chi connectivity index (χ1v) is 6.21. The highest BCUT2D eigenvalue weighted by Crippen LogP contribution is 2.23. The number of hydrogen-bond acceptors (Lipinski definition) is 5. The SMILES string of the molecule is Cc1c(Cl)nc2ncnn2c1NC(C(N)=O)C(C)C. The van der Waals surface area contributed by atoms with Crippen molar-refractivity contribution in [1.82, 2.24) is 19.6 Å². The van der Waals surface area contributed by atoms with E-state index in [-0.39, 0.29) is 5.92 Å². The number of anilines is 1. The Kier molecular flexibility index (Phi) is 3.57. The lowest BCUT2D eigenvalue weighted by atomic mass is 10.0. The van der Waals surface area contributed by atoms with Gasteiger partial charge < -0.3 is 11.1 Å². The van der Waals surface area contributed by atoms with Crippen molar-refractivity contribution in [1.29, 1.82) is 0 Å². The predicted octanol–water partition coefficient (Wildman–Crippen LogP) is 1.01. The van der Waals surface area contributed by atoms with E-state index in [1.165, 1.54) is 10.8 Å². The van der Waals surface area contributed by atoms with Crippen LogP contribution in [0.5, 0.6) is 0 Å². The van der Waals surface area contributed by atoms with Crippen LogP contribution in [0.4, 0.5) is 5.82 Å². The van der Waals surface area contributed by atoms with E-state index < -0.39 is 11.9 Å². The summed E-state index contributed by atoms with van der Waals surface area (Å²) in [7, 11) is 0. The minimum Gasteiger partial charge on any atom is -0.368 e. The van der Waals surface area contributed by atoms with Crippen molar-refractivity contribution < 1.29 is 4.79 Å². The average molecular weight is 283 g/mol. The van der Waals surface area contributed by atoms with Crippen molar-refractivity contribution in [3.8, 4) is 0 Å². The van der Waals surface area contributed by atoms with E-state index in [4.69, 9.17) is 17.3 Å². The second-order valence-electron chi connectivity index (χ2n) is 4.62. The summed E-state index contributed by atoms with van der Waals surface area (Å²) in [6.07, 6.45) is 1.37. The maximum Gasteiger partial charge on any atom is 0.255 e. The van der Waals surface area contributed by atoms with Gasteiger partial charge in [-0.2, -0.15) is 19.6 Å². The van der Waals surface area contributed by atoms with Gasteiger partial charge in [0.05, 0.1) is 0 Å². The maximum atomic E-state index is 11.5. The van der Waals surface area contributed by atoms with Gasteiger partial charge in [0.2, 0.25) is 5.91 Å². The smallest absolute Gasteiger partial charge is 0.255 e. The Morgan fingerprint density at radius 1 is 1.53 bits per heavy atom. The summed E-state index contributed by atoms with van der Waals surface area (Å²) in [6.45, 7) is 5.59. The second kappa shape index (κ2) is 5.00. The highest BCUT2D eigenvalue weighted by Gasteiger charge is 2.22. The van der Waals surface area contributed by atoms with Gasteiger partial charge in [-0.1, -0.05) is 25.4 Å². The van der Waals surface area contributed by atoms with Gasteiger partial charge in [-0.15, -0.1) is 0 Å². The Hall–Kier alpha value is -1.89. The van der Waals surface area contributed by atoms with Crippen LogP contribution >= 0.6 is 11.6 Å². The fraction of sp³-hybridized carbons (Fsp3) is 0.455. The van der Waals surface area contributed by atoms with Gasteiger partial charge in [-0.25, -0.2) is 0 Å². The Morgan fingerprint density at radius 2 is 2.21 bits per heavy atom. The molecular weight excluding hydrogens is 268 g/mol. The highest BCUT2D eigenvalue weighted by molar-refractivity contribution is 6.30. The van der Waals surface area contributed by atoms with E-state index in [1.807, 2.05) is 13.8 Å². The molecule has 1 unspecified atom stereocenters. The quantitative estimate of drug-likeness (QED) is 0.816. The molecule has 2 aromatic heterocycles. The van der Waals surface area contributed by atoms with Crippen molar-refractivity contribution in [3.63, 3.8) is 0 Å².